The van der Waals surface area contributed by atoms with Gasteiger partial charge in [0.2, 0.25) is 5.91 Å². The zero-order valence-electron chi connectivity index (χ0n) is 15.8. The van der Waals surface area contributed by atoms with Crippen LogP contribution in [0.1, 0.15) is 41.7 Å². The van der Waals surface area contributed by atoms with Crippen molar-refractivity contribution >= 4 is 22.1 Å². The fourth-order valence-electron chi connectivity index (χ4n) is 3.84. The number of amides is 1. The van der Waals surface area contributed by atoms with Crippen LogP contribution < -0.4 is 5.56 Å². The number of carbonyl (C=O) groups is 1. The van der Waals surface area contributed by atoms with E-state index in [4.69, 9.17) is 4.98 Å². The lowest BCUT2D eigenvalue weighted by atomic mass is 9.95. The van der Waals surface area contributed by atoms with Crippen LogP contribution in [0.25, 0.3) is 4.83 Å². The molecular formula is C19H23N5O2S. The van der Waals surface area contributed by atoms with E-state index in [1.54, 1.807) is 17.4 Å². The molecule has 3 aromatic rings. The largest absolute Gasteiger partial charge is 0.340 e. The average Bonchev–Trinajstić information content (AvgIpc) is 3.19. The molecule has 4 heterocycles. The van der Waals surface area contributed by atoms with Crippen molar-refractivity contribution in [2.75, 3.05) is 13.1 Å². The van der Waals surface area contributed by atoms with Crippen molar-refractivity contribution < 1.29 is 4.79 Å². The van der Waals surface area contributed by atoms with Gasteiger partial charge in [-0.15, -0.1) is 11.3 Å². The van der Waals surface area contributed by atoms with Crippen LogP contribution in [-0.4, -0.2) is 43.1 Å². The molecule has 0 aromatic carbocycles. The molecular weight excluding hydrogens is 362 g/mol. The van der Waals surface area contributed by atoms with Crippen LogP contribution in [0, 0.1) is 20.8 Å². The van der Waals surface area contributed by atoms with E-state index in [2.05, 4.69) is 21.8 Å². The first-order valence-corrected chi connectivity index (χ1v) is 10.1. The van der Waals surface area contributed by atoms with E-state index in [9.17, 15) is 9.59 Å². The van der Waals surface area contributed by atoms with Crippen molar-refractivity contribution in [3.8, 4) is 0 Å². The highest BCUT2D eigenvalue weighted by molar-refractivity contribution is 7.15. The molecule has 1 saturated heterocycles. The molecule has 1 unspecified atom stereocenters. The number of likely N-dealkylation sites (tertiary alicyclic amines) is 1. The number of imidazole rings is 1. The lowest BCUT2D eigenvalue weighted by Crippen LogP contribution is -2.42. The fourth-order valence-corrected chi connectivity index (χ4v) is 4.94. The predicted octanol–water partition coefficient (Wildman–Crippen LogP) is 2.28. The summed E-state index contributed by atoms with van der Waals surface area (Å²) in [6, 6.07) is 3.12. The molecule has 142 valence electrons. The molecule has 3 aromatic heterocycles. The molecule has 1 amide bonds. The maximum Gasteiger partial charge on any atom is 0.267 e. The lowest BCUT2D eigenvalue weighted by Gasteiger charge is -2.32. The Morgan fingerprint density at radius 1 is 1.30 bits per heavy atom. The van der Waals surface area contributed by atoms with Gasteiger partial charge in [-0.05, 0) is 39.7 Å². The first-order valence-electron chi connectivity index (χ1n) is 9.19. The van der Waals surface area contributed by atoms with E-state index in [0.29, 0.717) is 6.54 Å². The second-order valence-corrected chi connectivity index (χ2v) is 8.07. The SMILES string of the molecule is Cc1ccc(=O)n(CC(=O)N2CCCC(c3nc(C)n4c(C)csc34)C2)n1. The van der Waals surface area contributed by atoms with E-state index in [0.717, 1.165) is 36.6 Å². The summed E-state index contributed by atoms with van der Waals surface area (Å²) in [5, 5.41) is 6.32. The number of hydrogen-bond acceptors (Lipinski definition) is 5. The van der Waals surface area contributed by atoms with Crippen molar-refractivity contribution in [2.24, 2.45) is 0 Å². The van der Waals surface area contributed by atoms with Crippen molar-refractivity contribution in [3.05, 3.63) is 50.8 Å². The van der Waals surface area contributed by atoms with E-state index in [1.165, 1.54) is 21.3 Å². The quantitative estimate of drug-likeness (QED) is 0.693. The number of rotatable bonds is 3. The third-order valence-electron chi connectivity index (χ3n) is 5.17. The average molecular weight is 385 g/mol. The molecule has 1 aliphatic heterocycles. The summed E-state index contributed by atoms with van der Waals surface area (Å²) in [5.41, 5.74) is 2.76. The molecule has 27 heavy (non-hydrogen) atoms. The summed E-state index contributed by atoms with van der Waals surface area (Å²) in [5.74, 6) is 1.17. The molecule has 1 aliphatic rings. The predicted molar refractivity (Wildman–Crippen MR) is 104 cm³/mol. The van der Waals surface area contributed by atoms with Gasteiger partial charge in [0.1, 0.15) is 17.2 Å². The highest BCUT2D eigenvalue weighted by Gasteiger charge is 2.29. The summed E-state index contributed by atoms with van der Waals surface area (Å²) in [6.07, 6.45) is 1.96. The van der Waals surface area contributed by atoms with Crippen LogP contribution in [-0.2, 0) is 11.3 Å². The number of nitrogens with zero attached hydrogens (tertiary/aromatic N) is 5. The van der Waals surface area contributed by atoms with Crippen LogP contribution in [0.3, 0.4) is 0 Å². The molecule has 0 N–H and O–H groups in total. The Kier molecular flexibility index (Phi) is 4.59. The molecule has 0 radical (unpaired) electrons. The van der Waals surface area contributed by atoms with Crippen molar-refractivity contribution in [2.45, 2.75) is 46.1 Å². The second kappa shape index (κ2) is 6.92. The zero-order valence-corrected chi connectivity index (χ0v) is 16.6. The first kappa shape index (κ1) is 17.9. The summed E-state index contributed by atoms with van der Waals surface area (Å²) in [7, 11) is 0. The van der Waals surface area contributed by atoms with Gasteiger partial charge in [-0.2, -0.15) is 5.10 Å². The fraction of sp³-hybridized carbons (Fsp3) is 0.474. The van der Waals surface area contributed by atoms with Crippen LogP contribution in [0.4, 0.5) is 0 Å². The highest BCUT2D eigenvalue weighted by Crippen LogP contribution is 2.33. The summed E-state index contributed by atoms with van der Waals surface area (Å²) >= 11 is 1.71. The minimum Gasteiger partial charge on any atom is -0.340 e. The second-order valence-electron chi connectivity index (χ2n) is 7.21. The molecule has 1 atom stereocenters. The van der Waals surface area contributed by atoms with Gasteiger partial charge in [-0.25, -0.2) is 9.67 Å². The van der Waals surface area contributed by atoms with E-state index < -0.39 is 0 Å². The van der Waals surface area contributed by atoms with Crippen LogP contribution in [0.15, 0.2) is 22.3 Å². The Hall–Kier alpha value is -2.48. The Labute approximate surface area is 161 Å². The number of carbonyl (C=O) groups excluding carboxylic acids is 1. The Balaban J connectivity index is 1.54. The Bertz CT molecular complexity index is 1060. The monoisotopic (exact) mass is 385 g/mol. The Morgan fingerprint density at radius 3 is 2.93 bits per heavy atom. The number of hydrogen-bond donors (Lipinski definition) is 0. The van der Waals surface area contributed by atoms with Crippen molar-refractivity contribution in [3.63, 3.8) is 0 Å². The van der Waals surface area contributed by atoms with E-state index >= 15 is 0 Å². The van der Waals surface area contributed by atoms with Gasteiger partial charge in [0, 0.05) is 36.1 Å². The number of thiazole rings is 1. The minimum absolute atomic E-state index is 0.0109. The van der Waals surface area contributed by atoms with E-state index in [1.807, 2.05) is 18.7 Å². The summed E-state index contributed by atoms with van der Waals surface area (Å²) < 4.78 is 3.44. The number of aromatic nitrogens is 4. The summed E-state index contributed by atoms with van der Waals surface area (Å²) in [4.78, 5) is 32.6. The van der Waals surface area contributed by atoms with E-state index in [-0.39, 0.29) is 23.9 Å². The number of fused-ring (bicyclic) bond motifs is 1. The molecule has 1 fully saturated rings. The van der Waals surface area contributed by atoms with Crippen LogP contribution in [0.2, 0.25) is 0 Å². The molecule has 8 heteroatoms. The standard InChI is InChI=1S/C19H23N5O2S/c1-12-6-7-16(25)23(21-12)10-17(26)22-8-4-5-15(9-22)18-19-24(14(3)20-18)13(2)11-27-19/h6-7,11,15H,4-5,8-10H2,1-3H3. The van der Waals surface area contributed by atoms with Gasteiger partial charge >= 0.3 is 0 Å². The molecule has 0 aliphatic carbocycles. The molecule has 0 spiro atoms. The van der Waals surface area contributed by atoms with Gasteiger partial charge < -0.3 is 4.90 Å². The van der Waals surface area contributed by atoms with Gasteiger partial charge in [-0.3, -0.25) is 14.0 Å². The highest BCUT2D eigenvalue weighted by atomic mass is 32.1. The first-order chi connectivity index (χ1) is 12.9. The van der Waals surface area contributed by atoms with Crippen LogP contribution in [0.5, 0.6) is 0 Å². The smallest absolute Gasteiger partial charge is 0.267 e. The van der Waals surface area contributed by atoms with Gasteiger partial charge in [0.05, 0.1) is 11.4 Å². The third-order valence-corrected chi connectivity index (χ3v) is 6.24. The Morgan fingerprint density at radius 2 is 2.11 bits per heavy atom. The maximum atomic E-state index is 12.8. The molecule has 7 nitrogen and oxygen atoms in total. The third kappa shape index (κ3) is 3.29. The van der Waals surface area contributed by atoms with Crippen molar-refractivity contribution in [1.29, 1.82) is 0 Å². The molecule has 0 saturated carbocycles. The number of piperidine rings is 1. The van der Waals surface area contributed by atoms with Crippen molar-refractivity contribution in [1.82, 2.24) is 24.1 Å². The minimum atomic E-state index is -0.247. The topological polar surface area (TPSA) is 72.5 Å². The lowest BCUT2D eigenvalue weighted by molar-refractivity contribution is -0.133. The van der Waals surface area contributed by atoms with Crippen LogP contribution >= 0.6 is 11.3 Å². The van der Waals surface area contributed by atoms with Gasteiger partial charge in [0.15, 0.2) is 0 Å². The number of aryl methyl sites for hydroxylation is 3. The molecule has 4 rings (SSSR count). The maximum absolute atomic E-state index is 12.8. The van der Waals surface area contributed by atoms with Gasteiger partial charge in [0.25, 0.3) is 5.56 Å². The summed E-state index contributed by atoms with van der Waals surface area (Å²) in [6.45, 7) is 7.27. The zero-order chi connectivity index (χ0) is 19.1. The molecule has 0 bridgehead atoms. The normalized spacial score (nSPS) is 17.6. The van der Waals surface area contributed by atoms with Gasteiger partial charge in [-0.1, -0.05) is 0 Å².